The van der Waals surface area contributed by atoms with Crippen LogP contribution in [0.5, 0.6) is 0 Å². The van der Waals surface area contributed by atoms with Crippen LogP contribution in [-0.4, -0.2) is 5.16 Å². The lowest BCUT2D eigenvalue weighted by atomic mass is 10.2. The van der Waals surface area contributed by atoms with Gasteiger partial charge in [-0.05, 0) is 12.8 Å². The maximum Gasteiger partial charge on any atom is 0.124 e. The summed E-state index contributed by atoms with van der Waals surface area (Å²) >= 11 is 0. The lowest BCUT2D eigenvalue weighted by Crippen LogP contribution is -2.18. The van der Waals surface area contributed by atoms with Crippen LogP contribution in [-0.2, 0) is 5.54 Å². The van der Waals surface area contributed by atoms with E-state index in [1.807, 2.05) is 6.07 Å². The molecule has 0 saturated heterocycles. The molecular weight excluding hydrogens is 116 g/mol. The second-order valence-electron chi connectivity index (χ2n) is 2.54. The van der Waals surface area contributed by atoms with Gasteiger partial charge in [-0.3, -0.25) is 0 Å². The molecule has 2 rings (SSSR count). The van der Waals surface area contributed by atoms with Crippen molar-refractivity contribution in [2.24, 2.45) is 5.73 Å². The number of hydrogen-bond donors (Lipinski definition) is 1. The summed E-state index contributed by atoms with van der Waals surface area (Å²) in [6.45, 7) is 0. The van der Waals surface area contributed by atoms with E-state index < -0.39 is 0 Å². The molecule has 0 aliphatic heterocycles. The zero-order valence-electron chi connectivity index (χ0n) is 5.00. The Hall–Kier alpha value is -0.830. The van der Waals surface area contributed by atoms with Crippen molar-refractivity contribution in [2.75, 3.05) is 0 Å². The molecule has 0 atom stereocenters. The standard InChI is InChI=1S/C6H8N2O/c7-6(2-3-6)5-1-4-9-8-5/h1,4H,2-3,7H2. The van der Waals surface area contributed by atoms with Crippen LogP contribution in [0.4, 0.5) is 0 Å². The number of hydrogen-bond acceptors (Lipinski definition) is 3. The van der Waals surface area contributed by atoms with Crippen LogP contribution in [0, 0.1) is 0 Å². The maximum absolute atomic E-state index is 5.79. The van der Waals surface area contributed by atoms with Crippen LogP contribution < -0.4 is 5.73 Å². The Bertz CT molecular complexity index is 201. The van der Waals surface area contributed by atoms with Crippen molar-refractivity contribution in [3.8, 4) is 0 Å². The van der Waals surface area contributed by atoms with Gasteiger partial charge in [0.1, 0.15) is 12.0 Å². The molecule has 48 valence electrons. The lowest BCUT2D eigenvalue weighted by molar-refractivity contribution is 0.403. The number of aromatic nitrogens is 1. The van der Waals surface area contributed by atoms with Crippen LogP contribution in [0.3, 0.4) is 0 Å². The van der Waals surface area contributed by atoms with E-state index in [9.17, 15) is 0 Å². The third-order valence-electron chi connectivity index (χ3n) is 1.74. The molecule has 0 unspecified atom stereocenters. The number of rotatable bonds is 1. The first kappa shape index (κ1) is 4.99. The van der Waals surface area contributed by atoms with Gasteiger partial charge in [0.2, 0.25) is 0 Å². The highest BCUT2D eigenvalue weighted by molar-refractivity contribution is 5.18. The molecule has 1 aromatic heterocycles. The molecule has 0 radical (unpaired) electrons. The molecule has 0 aromatic carbocycles. The molecule has 3 nitrogen and oxygen atoms in total. The van der Waals surface area contributed by atoms with Gasteiger partial charge in [-0.1, -0.05) is 5.16 Å². The van der Waals surface area contributed by atoms with E-state index in [1.165, 1.54) is 0 Å². The lowest BCUT2D eigenvalue weighted by Gasteiger charge is -1.98. The minimum atomic E-state index is -0.132. The van der Waals surface area contributed by atoms with Gasteiger partial charge in [0, 0.05) is 6.07 Å². The van der Waals surface area contributed by atoms with Gasteiger partial charge >= 0.3 is 0 Å². The second-order valence-corrected chi connectivity index (χ2v) is 2.54. The van der Waals surface area contributed by atoms with Crippen molar-refractivity contribution < 1.29 is 4.52 Å². The largest absolute Gasteiger partial charge is 0.364 e. The van der Waals surface area contributed by atoms with Gasteiger partial charge in [-0.25, -0.2) is 0 Å². The van der Waals surface area contributed by atoms with Crippen molar-refractivity contribution in [1.29, 1.82) is 0 Å². The molecule has 1 aromatic rings. The van der Waals surface area contributed by atoms with Gasteiger partial charge in [0.15, 0.2) is 0 Å². The molecule has 1 aliphatic carbocycles. The molecule has 1 heterocycles. The molecule has 1 aliphatic rings. The van der Waals surface area contributed by atoms with E-state index in [4.69, 9.17) is 5.73 Å². The molecule has 1 saturated carbocycles. The second kappa shape index (κ2) is 1.36. The first-order valence-electron chi connectivity index (χ1n) is 3.01. The van der Waals surface area contributed by atoms with E-state index in [2.05, 4.69) is 9.68 Å². The third-order valence-corrected chi connectivity index (χ3v) is 1.74. The number of nitrogens with zero attached hydrogens (tertiary/aromatic N) is 1. The van der Waals surface area contributed by atoms with Crippen molar-refractivity contribution in [1.82, 2.24) is 5.16 Å². The minimum Gasteiger partial charge on any atom is -0.364 e. The molecule has 3 heteroatoms. The highest BCUT2D eigenvalue weighted by Gasteiger charge is 2.42. The summed E-state index contributed by atoms with van der Waals surface area (Å²) in [5.41, 5.74) is 6.55. The first-order chi connectivity index (χ1) is 4.31. The van der Waals surface area contributed by atoms with Gasteiger partial charge in [0.05, 0.1) is 5.54 Å². The predicted octanol–water partition coefficient (Wildman–Crippen LogP) is 0.622. The van der Waals surface area contributed by atoms with E-state index in [0.29, 0.717) is 0 Å². The zero-order chi connectivity index (χ0) is 6.32. The highest BCUT2D eigenvalue weighted by atomic mass is 16.5. The molecule has 1 fully saturated rings. The molecule has 9 heavy (non-hydrogen) atoms. The predicted molar refractivity (Wildman–Crippen MR) is 31.6 cm³/mol. The van der Waals surface area contributed by atoms with E-state index >= 15 is 0 Å². The fraction of sp³-hybridized carbons (Fsp3) is 0.500. The van der Waals surface area contributed by atoms with Gasteiger partial charge < -0.3 is 10.3 Å². The van der Waals surface area contributed by atoms with Crippen LogP contribution in [0.1, 0.15) is 18.5 Å². The van der Waals surface area contributed by atoms with E-state index in [-0.39, 0.29) is 5.54 Å². The summed E-state index contributed by atoms with van der Waals surface area (Å²) in [7, 11) is 0. The Balaban J connectivity index is 2.34. The molecule has 0 amide bonds. The van der Waals surface area contributed by atoms with Crippen molar-refractivity contribution in [2.45, 2.75) is 18.4 Å². The quantitative estimate of drug-likeness (QED) is 0.597. The van der Waals surface area contributed by atoms with Crippen LogP contribution in [0.15, 0.2) is 16.9 Å². The normalized spacial score (nSPS) is 21.9. The Morgan fingerprint density at radius 2 is 2.44 bits per heavy atom. The summed E-state index contributed by atoms with van der Waals surface area (Å²) < 4.78 is 4.65. The average Bonchev–Trinajstić information content (AvgIpc) is 2.46. The topological polar surface area (TPSA) is 52.0 Å². The highest BCUT2D eigenvalue weighted by Crippen LogP contribution is 2.41. The fourth-order valence-corrected chi connectivity index (χ4v) is 0.860. The molecular formula is C6H8N2O. The monoisotopic (exact) mass is 124 g/mol. The Labute approximate surface area is 52.8 Å². The summed E-state index contributed by atoms with van der Waals surface area (Å²) in [5.74, 6) is 0. The third kappa shape index (κ3) is 0.650. The smallest absolute Gasteiger partial charge is 0.124 e. The maximum atomic E-state index is 5.79. The summed E-state index contributed by atoms with van der Waals surface area (Å²) in [5, 5.41) is 3.75. The first-order valence-corrected chi connectivity index (χ1v) is 3.01. The Kier molecular flexibility index (Phi) is 0.754. The summed E-state index contributed by atoms with van der Waals surface area (Å²) in [6.07, 6.45) is 3.64. The summed E-state index contributed by atoms with van der Waals surface area (Å²) in [4.78, 5) is 0. The van der Waals surface area contributed by atoms with E-state index in [1.54, 1.807) is 6.26 Å². The average molecular weight is 124 g/mol. The molecule has 0 spiro atoms. The Morgan fingerprint density at radius 3 is 2.89 bits per heavy atom. The van der Waals surface area contributed by atoms with Crippen LogP contribution >= 0.6 is 0 Å². The van der Waals surface area contributed by atoms with Gasteiger partial charge in [0.25, 0.3) is 0 Å². The minimum absolute atomic E-state index is 0.132. The SMILES string of the molecule is NC1(c2ccon2)CC1. The summed E-state index contributed by atoms with van der Waals surface area (Å²) in [6, 6.07) is 1.83. The fourth-order valence-electron chi connectivity index (χ4n) is 0.860. The van der Waals surface area contributed by atoms with Crippen molar-refractivity contribution >= 4 is 0 Å². The van der Waals surface area contributed by atoms with Gasteiger partial charge in [-0.2, -0.15) is 0 Å². The van der Waals surface area contributed by atoms with Crippen molar-refractivity contribution in [3.05, 3.63) is 18.0 Å². The molecule has 2 N–H and O–H groups in total. The zero-order valence-corrected chi connectivity index (χ0v) is 5.00. The van der Waals surface area contributed by atoms with Crippen molar-refractivity contribution in [3.63, 3.8) is 0 Å². The van der Waals surface area contributed by atoms with Gasteiger partial charge in [-0.15, -0.1) is 0 Å². The molecule has 0 bridgehead atoms. The van der Waals surface area contributed by atoms with Crippen LogP contribution in [0.25, 0.3) is 0 Å². The Morgan fingerprint density at radius 1 is 1.67 bits per heavy atom. The number of nitrogens with two attached hydrogens (primary N) is 1. The van der Waals surface area contributed by atoms with E-state index in [0.717, 1.165) is 18.5 Å². The van der Waals surface area contributed by atoms with Crippen LogP contribution in [0.2, 0.25) is 0 Å².